The molecule has 0 aromatic rings. The van der Waals surface area contributed by atoms with E-state index in [0.29, 0.717) is 5.92 Å². The van der Waals surface area contributed by atoms with Crippen LogP contribution in [0.3, 0.4) is 0 Å². The van der Waals surface area contributed by atoms with E-state index in [-0.39, 0.29) is 35.6 Å². The molecule has 1 rings (SSSR count). The molecule has 1 aliphatic heterocycles. The quantitative estimate of drug-likeness (QED) is 0.336. The maximum atomic E-state index is 12.3. The molecule has 0 aliphatic carbocycles. The minimum atomic E-state index is -0.626. The minimum absolute atomic E-state index is 0.0619. The Bertz CT molecular complexity index is 751. The predicted octanol–water partition coefficient (Wildman–Crippen LogP) is 5.75. The molecular formula is C27H40O4. The summed E-state index contributed by atoms with van der Waals surface area (Å²) in [4.78, 5) is 23.7. The lowest BCUT2D eigenvalue weighted by atomic mass is 9.90. The molecule has 0 bridgehead atoms. The van der Waals surface area contributed by atoms with Crippen molar-refractivity contribution in [3.05, 3.63) is 59.8 Å². The van der Waals surface area contributed by atoms with Crippen LogP contribution in [0.5, 0.6) is 0 Å². The smallest absolute Gasteiger partial charge is 0.331 e. The van der Waals surface area contributed by atoms with Crippen LogP contribution in [-0.4, -0.2) is 29.1 Å². The normalized spacial score (nSPS) is 24.3. The first-order valence-corrected chi connectivity index (χ1v) is 11.4. The molecule has 1 heterocycles. The molecule has 0 saturated carbocycles. The minimum Gasteiger partial charge on any atom is -0.454 e. The lowest BCUT2D eigenvalue weighted by Crippen LogP contribution is -2.27. The van der Waals surface area contributed by atoms with E-state index in [1.807, 2.05) is 39.0 Å². The summed E-state index contributed by atoms with van der Waals surface area (Å²) >= 11 is 0. The topological polar surface area (TPSA) is 63.6 Å². The number of Topliss-reactive ketones (excluding diaryl/α,β-unsaturated/α-hetero) is 1. The zero-order valence-electron chi connectivity index (χ0n) is 20.2. The van der Waals surface area contributed by atoms with Gasteiger partial charge >= 0.3 is 5.97 Å². The second kappa shape index (κ2) is 13.3. The van der Waals surface area contributed by atoms with E-state index in [1.165, 1.54) is 11.6 Å². The number of carbonyl (C=O) groups is 2. The first-order chi connectivity index (χ1) is 14.5. The van der Waals surface area contributed by atoms with E-state index in [9.17, 15) is 14.7 Å². The number of ether oxygens (including phenoxy) is 1. The highest BCUT2D eigenvalue weighted by Gasteiger charge is 2.22. The van der Waals surface area contributed by atoms with Crippen molar-refractivity contribution in [3.63, 3.8) is 0 Å². The van der Waals surface area contributed by atoms with Gasteiger partial charge in [0.05, 0.1) is 6.10 Å². The van der Waals surface area contributed by atoms with Crippen LogP contribution in [0.1, 0.15) is 61.3 Å². The van der Waals surface area contributed by atoms with Crippen molar-refractivity contribution in [1.82, 2.24) is 0 Å². The fourth-order valence-corrected chi connectivity index (χ4v) is 3.43. The molecule has 1 aliphatic rings. The number of carbonyl (C=O) groups excluding carboxylic acids is 2. The Balaban J connectivity index is 2.65. The Hall–Kier alpha value is -2.20. The zero-order valence-corrected chi connectivity index (χ0v) is 20.2. The molecule has 0 spiro atoms. The second-order valence-electron chi connectivity index (χ2n) is 8.82. The summed E-state index contributed by atoms with van der Waals surface area (Å²) in [5.41, 5.74) is 2.27. The van der Waals surface area contributed by atoms with Crippen molar-refractivity contribution < 1.29 is 19.4 Å². The van der Waals surface area contributed by atoms with Crippen LogP contribution < -0.4 is 0 Å². The molecule has 0 aromatic heterocycles. The summed E-state index contributed by atoms with van der Waals surface area (Å²) in [5.74, 6) is -0.247. The van der Waals surface area contributed by atoms with Gasteiger partial charge in [0.1, 0.15) is 11.9 Å². The molecule has 0 radical (unpaired) electrons. The summed E-state index contributed by atoms with van der Waals surface area (Å²) < 4.78 is 5.37. The zero-order chi connectivity index (χ0) is 23.6. The molecule has 0 fully saturated rings. The Morgan fingerprint density at radius 3 is 2.48 bits per heavy atom. The Morgan fingerprint density at radius 2 is 1.87 bits per heavy atom. The number of rotatable bonds is 11. The number of esters is 1. The third kappa shape index (κ3) is 9.65. The number of hydrogen-bond acceptors (Lipinski definition) is 4. The van der Waals surface area contributed by atoms with Crippen LogP contribution >= 0.6 is 0 Å². The molecule has 0 amide bonds. The number of hydrogen-bond donors (Lipinski definition) is 1. The Labute approximate surface area is 188 Å². The average molecular weight is 429 g/mol. The first-order valence-electron chi connectivity index (χ1n) is 11.4. The number of ketones is 1. The van der Waals surface area contributed by atoms with Gasteiger partial charge in [0.25, 0.3) is 0 Å². The highest BCUT2D eigenvalue weighted by atomic mass is 16.5. The van der Waals surface area contributed by atoms with Gasteiger partial charge < -0.3 is 9.84 Å². The second-order valence-corrected chi connectivity index (χ2v) is 8.82. The molecule has 4 nitrogen and oxygen atoms in total. The number of cyclic esters (lactones) is 1. The molecule has 1 N–H and O–H groups in total. The van der Waals surface area contributed by atoms with Crippen LogP contribution in [0.2, 0.25) is 0 Å². The van der Waals surface area contributed by atoms with Gasteiger partial charge in [0, 0.05) is 23.8 Å². The first kappa shape index (κ1) is 26.8. The van der Waals surface area contributed by atoms with E-state index in [2.05, 4.69) is 38.2 Å². The lowest BCUT2D eigenvalue weighted by Gasteiger charge is -2.21. The monoisotopic (exact) mass is 428 g/mol. The largest absolute Gasteiger partial charge is 0.454 e. The van der Waals surface area contributed by atoms with Gasteiger partial charge in [-0.3, -0.25) is 4.79 Å². The van der Waals surface area contributed by atoms with E-state index in [0.717, 1.165) is 18.4 Å². The Morgan fingerprint density at radius 1 is 1.19 bits per heavy atom. The molecule has 0 unspecified atom stereocenters. The number of aliphatic hydroxyl groups excluding tert-OH is 1. The summed E-state index contributed by atoms with van der Waals surface area (Å²) in [7, 11) is 0. The van der Waals surface area contributed by atoms with Crippen molar-refractivity contribution in [2.45, 2.75) is 73.5 Å². The van der Waals surface area contributed by atoms with E-state index in [1.54, 1.807) is 13.8 Å². The SMILES string of the molecule is CCC(=C/[C@H](C)C/C=C/C(C)=C/[C@@H](C)C(=O)[C@@H](C)[C@@H](C)O)/C=C/[C@@H]1OC(=O)C=C[C@@H]1C. The van der Waals surface area contributed by atoms with E-state index in [4.69, 9.17) is 4.74 Å². The highest BCUT2D eigenvalue weighted by Crippen LogP contribution is 2.19. The third-order valence-electron chi connectivity index (χ3n) is 5.74. The summed E-state index contributed by atoms with van der Waals surface area (Å²) in [5, 5.41) is 9.62. The molecular weight excluding hydrogens is 388 g/mol. The van der Waals surface area contributed by atoms with Gasteiger partial charge in [-0.1, -0.05) is 82.2 Å². The molecule has 6 atom stereocenters. The fraction of sp³-hybridized carbons (Fsp3) is 0.556. The van der Waals surface area contributed by atoms with Crippen LogP contribution in [0.25, 0.3) is 0 Å². The highest BCUT2D eigenvalue weighted by molar-refractivity contribution is 5.85. The number of aliphatic hydroxyl groups is 1. The van der Waals surface area contributed by atoms with E-state index < -0.39 is 6.10 Å². The standard InChI is InChI=1S/C27H40O4/c1-8-24(13-14-25-20(4)12-15-26(29)31-25)17-19(3)11-9-10-18(2)16-21(5)27(30)22(6)23(7)28/h9-10,12-17,19-23,25,28H,8,11H2,1-7H3/b10-9+,14-13+,18-16+,24-17-/t19-,20+,21-,22+,23-,25+/m1/s1. The van der Waals surface area contributed by atoms with Crippen molar-refractivity contribution in [3.8, 4) is 0 Å². The molecule has 31 heavy (non-hydrogen) atoms. The van der Waals surface area contributed by atoms with Crippen LogP contribution in [0.15, 0.2) is 59.8 Å². The van der Waals surface area contributed by atoms with Crippen molar-refractivity contribution in [2.75, 3.05) is 0 Å². The van der Waals surface area contributed by atoms with Gasteiger partial charge in [0.2, 0.25) is 0 Å². The van der Waals surface area contributed by atoms with Crippen LogP contribution in [0.4, 0.5) is 0 Å². The van der Waals surface area contributed by atoms with Gasteiger partial charge in [-0.2, -0.15) is 0 Å². The maximum absolute atomic E-state index is 12.3. The van der Waals surface area contributed by atoms with E-state index >= 15 is 0 Å². The van der Waals surface area contributed by atoms with Crippen molar-refractivity contribution in [2.24, 2.45) is 23.7 Å². The summed E-state index contributed by atoms with van der Waals surface area (Å²) in [6.45, 7) is 13.6. The molecule has 0 saturated heterocycles. The molecule has 0 aromatic carbocycles. The average Bonchev–Trinajstić information content (AvgIpc) is 2.71. The van der Waals surface area contributed by atoms with Crippen molar-refractivity contribution >= 4 is 11.8 Å². The van der Waals surface area contributed by atoms with Gasteiger partial charge in [0.15, 0.2) is 0 Å². The van der Waals surface area contributed by atoms with Crippen molar-refractivity contribution in [1.29, 1.82) is 0 Å². The molecule has 4 heteroatoms. The van der Waals surface area contributed by atoms with Gasteiger partial charge in [-0.25, -0.2) is 4.79 Å². The summed E-state index contributed by atoms with van der Waals surface area (Å²) in [6, 6.07) is 0. The molecule has 172 valence electrons. The van der Waals surface area contributed by atoms with Gasteiger partial charge in [-0.15, -0.1) is 0 Å². The number of allylic oxidation sites excluding steroid dienone is 7. The van der Waals surface area contributed by atoms with Gasteiger partial charge in [-0.05, 0) is 38.7 Å². The Kier molecular flexibility index (Phi) is 11.5. The maximum Gasteiger partial charge on any atom is 0.331 e. The fourth-order valence-electron chi connectivity index (χ4n) is 3.43. The third-order valence-corrected chi connectivity index (χ3v) is 5.74. The van der Waals surface area contributed by atoms with Crippen LogP contribution in [0, 0.1) is 23.7 Å². The van der Waals surface area contributed by atoms with Crippen LogP contribution in [-0.2, 0) is 14.3 Å². The predicted molar refractivity (Wildman–Crippen MR) is 127 cm³/mol. The summed E-state index contributed by atoms with van der Waals surface area (Å²) in [6.07, 6.45) is 16.8. The lowest BCUT2D eigenvalue weighted by molar-refractivity contribution is -0.143.